The van der Waals surface area contributed by atoms with E-state index in [1.54, 1.807) is 13.1 Å². The van der Waals surface area contributed by atoms with Crippen LogP contribution in [0.1, 0.15) is 37.3 Å². The van der Waals surface area contributed by atoms with Gasteiger partial charge in [-0.1, -0.05) is 42.8 Å². The highest BCUT2D eigenvalue weighted by Crippen LogP contribution is 2.45. The number of hydrogen-bond donors (Lipinski definition) is 2. The van der Waals surface area contributed by atoms with Gasteiger partial charge in [0.2, 0.25) is 17.7 Å². The summed E-state index contributed by atoms with van der Waals surface area (Å²) >= 11 is 0. The molecule has 0 saturated heterocycles. The molecule has 0 atom stereocenters. The highest BCUT2D eigenvalue weighted by atomic mass is 16.6. The summed E-state index contributed by atoms with van der Waals surface area (Å²) in [7, 11) is 1.66. The molecule has 1 fully saturated rings. The molecule has 166 valence electrons. The number of likely N-dealkylation sites (N-methyl/N-ethyl adjacent to an activating group) is 1. The predicted molar refractivity (Wildman–Crippen MR) is 122 cm³/mol. The van der Waals surface area contributed by atoms with Gasteiger partial charge in [-0.15, -0.1) is 0 Å². The SMILES string of the molecule is CCNC(=O)C1(c2ccc3nc(N)nc(OC(=O)N(C)Cc4ccccc4)c3c2)CCC1. The molecule has 1 aliphatic carbocycles. The lowest BCUT2D eigenvalue weighted by molar-refractivity contribution is -0.129. The van der Waals surface area contributed by atoms with E-state index in [-0.39, 0.29) is 17.7 Å². The molecule has 0 bridgehead atoms. The third-order valence-electron chi connectivity index (χ3n) is 5.97. The lowest BCUT2D eigenvalue weighted by Crippen LogP contribution is -2.49. The van der Waals surface area contributed by atoms with E-state index < -0.39 is 11.5 Å². The van der Waals surface area contributed by atoms with Gasteiger partial charge in [-0.05, 0) is 43.0 Å². The van der Waals surface area contributed by atoms with Gasteiger partial charge >= 0.3 is 6.09 Å². The van der Waals surface area contributed by atoms with Crippen molar-refractivity contribution in [1.29, 1.82) is 0 Å². The fourth-order valence-electron chi connectivity index (χ4n) is 4.08. The Bertz CT molecular complexity index is 1150. The van der Waals surface area contributed by atoms with Crippen LogP contribution >= 0.6 is 0 Å². The fourth-order valence-corrected chi connectivity index (χ4v) is 4.08. The Hall–Kier alpha value is -3.68. The second-order valence-corrected chi connectivity index (χ2v) is 8.12. The molecule has 0 unspecified atom stereocenters. The van der Waals surface area contributed by atoms with Crippen molar-refractivity contribution in [2.24, 2.45) is 0 Å². The monoisotopic (exact) mass is 433 g/mol. The lowest BCUT2D eigenvalue weighted by Gasteiger charge is -2.40. The Labute approximate surface area is 186 Å². The summed E-state index contributed by atoms with van der Waals surface area (Å²) in [6.45, 7) is 2.87. The van der Waals surface area contributed by atoms with E-state index in [4.69, 9.17) is 10.5 Å². The van der Waals surface area contributed by atoms with E-state index in [0.29, 0.717) is 24.0 Å². The van der Waals surface area contributed by atoms with Crippen molar-refractivity contribution in [2.75, 3.05) is 19.3 Å². The Morgan fingerprint density at radius 2 is 1.91 bits per heavy atom. The van der Waals surface area contributed by atoms with E-state index in [9.17, 15) is 9.59 Å². The molecular formula is C24H27N5O3. The quantitative estimate of drug-likeness (QED) is 0.616. The molecule has 1 aromatic heterocycles. The predicted octanol–water partition coefficient (Wildman–Crippen LogP) is 3.40. The highest BCUT2D eigenvalue weighted by molar-refractivity contribution is 5.93. The van der Waals surface area contributed by atoms with Crippen molar-refractivity contribution in [3.05, 3.63) is 59.7 Å². The van der Waals surface area contributed by atoms with Crippen LogP contribution in [0.15, 0.2) is 48.5 Å². The second-order valence-electron chi connectivity index (χ2n) is 8.12. The van der Waals surface area contributed by atoms with Crippen LogP contribution in [0.2, 0.25) is 0 Å². The molecule has 8 nitrogen and oxygen atoms in total. The summed E-state index contributed by atoms with van der Waals surface area (Å²) < 4.78 is 5.63. The largest absolute Gasteiger partial charge is 0.416 e. The summed E-state index contributed by atoms with van der Waals surface area (Å²) in [6.07, 6.45) is 1.98. The molecule has 0 radical (unpaired) electrons. The van der Waals surface area contributed by atoms with Gasteiger partial charge in [0, 0.05) is 20.1 Å². The number of carbonyl (C=O) groups is 2. The second kappa shape index (κ2) is 8.82. The maximum absolute atomic E-state index is 12.8. The molecule has 3 aromatic rings. The first-order valence-electron chi connectivity index (χ1n) is 10.8. The molecule has 1 aliphatic rings. The Kier molecular flexibility index (Phi) is 5.94. The molecule has 32 heavy (non-hydrogen) atoms. The highest BCUT2D eigenvalue weighted by Gasteiger charge is 2.45. The molecule has 3 N–H and O–H groups in total. The lowest BCUT2D eigenvalue weighted by atomic mass is 9.63. The minimum atomic E-state index is -0.572. The van der Waals surface area contributed by atoms with Gasteiger partial charge in [0.05, 0.1) is 16.3 Å². The molecule has 0 aliphatic heterocycles. The van der Waals surface area contributed by atoms with Crippen molar-refractivity contribution in [3.63, 3.8) is 0 Å². The van der Waals surface area contributed by atoms with Gasteiger partial charge in [0.15, 0.2) is 0 Å². The number of fused-ring (bicyclic) bond motifs is 1. The fraction of sp³-hybridized carbons (Fsp3) is 0.333. The first-order chi connectivity index (χ1) is 15.4. The molecule has 8 heteroatoms. The van der Waals surface area contributed by atoms with E-state index >= 15 is 0 Å². The number of amides is 2. The number of ether oxygens (including phenoxy) is 1. The van der Waals surface area contributed by atoms with Crippen LogP contribution in [-0.2, 0) is 16.8 Å². The molecule has 0 spiro atoms. The first-order valence-corrected chi connectivity index (χ1v) is 10.8. The average Bonchev–Trinajstić information content (AvgIpc) is 2.74. The zero-order valence-corrected chi connectivity index (χ0v) is 18.3. The third kappa shape index (κ3) is 4.08. The van der Waals surface area contributed by atoms with Crippen molar-refractivity contribution in [2.45, 2.75) is 38.1 Å². The van der Waals surface area contributed by atoms with Crippen molar-refractivity contribution in [1.82, 2.24) is 20.2 Å². The Balaban J connectivity index is 1.64. The van der Waals surface area contributed by atoms with Crippen molar-refractivity contribution < 1.29 is 14.3 Å². The standard InChI is InChI=1S/C24H27N5O3/c1-3-26-21(30)24(12-7-13-24)17-10-11-19-18(14-17)20(28-22(25)27-19)32-23(31)29(2)15-16-8-5-4-6-9-16/h4-6,8-11,14H,3,7,12-13,15H2,1-2H3,(H,26,30)(H2,25,27,28). The van der Waals surface area contributed by atoms with Crippen LogP contribution in [0.4, 0.5) is 10.7 Å². The Morgan fingerprint density at radius 1 is 1.16 bits per heavy atom. The Morgan fingerprint density at radius 3 is 2.56 bits per heavy atom. The third-order valence-corrected chi connectivity index (χ3v) is 5.97. The number of hydrogen-bond acceptors (Lipinski definition) is 6. The molecule has 2 aromatic carbocycles. The smallest absolute Gasteiger partial charge is 0.390 e. The van der Waals surface area contributed by atoms with Crippen LogP contribution in [0.25, 0.3) is 10.9 Å². The van der Waals surface area contributed by atoms with Crippen LogP contribution in [-0.4, -0.2) is 40.5 Å². The average molecular weight is 434 g/mol. The maximum atomic E-state index is 12.8. The number of nitrogen functional groups attached to an aromatic ring is 1. The van der Waals surface area contributed by atoms with Crippen LogP contribution in [0.3, 0.4) is 0 Å². The number of rotatable bonds is 6. The molecule has 1 heterocycles. The number of benzene rings is 2. The van der Waals surface area contributed by atoms with Gasteiger partial charge in [0.25, 0.3) is 0 Å². The van der Waals surface area contributed by atoms with Gasteiger partial charge in [-0.25, -0.2) is 9.78 Å². The van der Waals surface area contributed by atoms with E-state index in [0.717, 1.165) is 30.4 Å². The zero-order valence-electron chi connectivity index (χ0n) is 18.3. The van der Waals surface area contributed by atoms with Crippen LogP contribution < -0.4 is 15.8 Å². The molecule has 2 amide bonds. The van der Waals surface area contributed by atoms with Crippen LogP contribution in [0.5, 0.6) is 5.88 Å². The van der Waals surface area contributed by atoms with Crippen LogP contribution in [0, 0.1) is 0 Å². The number of nitrogens with two attached hydrogens (primary N) is 1. The van der Waals surface area contributed by atoms with Gasteiger partial charge in [-0.3, -0.25) is 4.79 Å². The zero-order chi connectivity index (χ0) is 22.7. The van der Waals surface area contributed by atoms with E-state index in [1.165, 1.54) is 4.90 Å². The number of nitrogens with zero attached hydrogens (tertiary/aromatic N) is 3. The summed E-state index contributed by atoms with van der Waals surface area (Å²) in [4.78, 5) is 35.5. The summed E-state index contributed by atoms with van der Waals surface area (Å²) in [6, 6.07) is 15.2. The molecule has 4 rings (SSSR count). The number of aromatic nitrogens is 2. The topological polar surface area (TPSA) is 110 Å². The number of anilines is 1. The minimum absolute atomic E-state index is 0.0147. The van der Waals surface area contributed by atoms with Crippen molar-refractivity contribution >= 4 is 28.9 Å². The van der Waals surface area contributed by atoms with Crippen molar-refractivity contribution in [3.8, 4) is 5.88 Å². The van der Waals surface area contributed by atoms with E-state index in [2.05, 4.69) is 15.3 Å². The summed E-state index contributed by atoms with van der Waals surface area (Å²) in [5.74, 6) is 0.119. The molecular weight excluding hydrogens is 406 g/mol. The first kappa shape index (κ1) is 21.5. The van der Waals surface area contributed by atoms with Gasteiger partial charge in [-0.2, -0.15) is 4.98 Å². The van der Waals surface area contributed by atoms with E-state index in [1.807, 2.05) is 49.4 Å². The number of carbonyl (C=O) groups excluding carboxylic acids is 2. The minimum Gasteiger partial charge on any atom is -0.390 e. The molecule has 1 saturated carbocycles. The summed E-state index contributed by atoms with van der Waals surface area (Å²) in [5, 5.41) is 3.50. The normalized spacial score (nSPS) is 14.4. The number of nitrogens with one attached hydrogen (secondary N) is 1. The van der Waals surface area contributed by atoms with Gasteiger partial charge in [0.1, 0.15) is 0 Å². The summed E-state index contributed by atoms with van der Waals surface area (Å²) in [5.41, 5.74) is 7.69. The maximum Gasteiger partial charge on any atom is 0.416 e. The van der Waals surface area contributed by atoms with Gasteiger partial charge < -0.3 is 20.7 Å².